The van der Waals surface area contributed by atoms with Crippen molar-refractivity contribution < 1.29 is 5.11 Å². The predicted octanol–water partition coefficient (Wildman–Crippen LogP) is 1.61. The van der Waals surface area contributed by atoms with Crippen LogP contribution < -0.4 is 11.3 Å². The topological polar surface area (TPSA) is 76.1 Å². The summed E-state index contributed by atoms with van der Waals surface area (Å²) in [5, 5.41) is 9.43. The van der Waals surface area contributed by atoms with Crippen LogP contribution in [0.5, 0.6) is 5.75 Å². The van der Waals surface area contributed by atoms with Gasteiger partial charge in [0.15, 0.2) is 0 Å². The van der Waals surface area contributed by atoms with E-state index in [0.29, 0.717) is 5.95 Å². The molecule has 0 atom stereocenters. The second-order valence-electron chi connectivity index (χ2n) is 3.72. The highest BCUT2D eigenvalue weighted by molar-refractivity contribution is 5.80. The van der Waals surface area contributed by atoms with Crippen LogP contribution >= 0.6 is 0 Å². The normalized spacial score (nSPS) is 11.2. The lowest BCUT2D eigenvalue weighted by atomic mass is 10.3. The van der Waals surface area contributed by atoms with E-state index in [1.807, 2.05) is 18.4 Å². The molecule has 0 unspecified atom stereocenters. The number of imidazole rings is 1. The fourth-order valence-corrected chi connectivity index (χ4v) is 1.71. The largest absolute Gasteiger partial charge is 0.508 e. The smallest absolute Gasteiger partial charge is 0.218 e. The maximum Gasteiger partial charge on any atom is 0.218 e. The zero-order valence-electron chi connectivity index (χ0n) is 8.73. The number of aromatic nitrogens is 2. The second-order valence-corrected chi connectivity index (χ2v) is 3.72. The maximum absolute atomic E-state index is 9.43. The molecular weight excluding hydrogens is 192 g/mol. The zero-order chi connectivity index (χ0) is 11.0. The number of nitrogen functional groups attached to an aromatic ring is 1. The number of rotatable bonds is 2. The van der Waals surface area contributed by atoms with Crippen LogP contribution in [0.1, 0.15) is 19.9 Å². The number of nitrogens with zero attached hydrogens (tertiary/aromatic N) is 2. The van der Waals surface area contributed by atoms with Crippen LogP contribution in [0.3, 0.4) is 0 Å². The molecule has 2 rings (SSSR count). The van der Waals surface area contributed by atoms with Crippen molar-refractivity contribution in [2.75, 3.05) is 5.43 Å². The van der Waals surface area contributed by atoms with Gasteiger partial charge in [-0.1, -0.05) is 0 Å². The summed E-state index contributed by atoms with van der Waals surface area (Å²) in [7, 11) is 0. The molecule has 0 aliphatic heterocycles. The number of hydrogen-bond acceptors (Lipinski definition) is 4. The number of hydrazine groups is 1. The fourth-order valence-electron chi connectivity index (χ4n) is 1.71. The Hall–Kier alpha value is -1.75. The molecule has 80 valence electrons. The van der Waals surface area contributed by atoms with Crippen molar-refractivity contribution >= 4 is 17.0 Å². The molecule has 4 N–H and O–H groups in total. The Morgan fingerprint density at radius 3 is 2.80 bits per heavy atom. The zero-order valence-corrected chi connectivity index (χ0v) is 8.73. The third-order valence-electron chi connectivity index (χ3n) is 2.32. The second kappa shape index (κ2) is 3.43. The lowest BCUT2D eigenvalue weighted by Gasteiger charge is -2.11. The Bertz CT molecular complexity index is 489. The van der Waals surface area contributed by atoms with Crippen LogP contribution in [0, 0.1) is 0 Å². The van der Waals surface area contributed by atoms with Crippen LogP contribution in [0.15, 0.2) is 18.2 Å². The summed E-state index contributed by atoms with van der Waals surface area (Å²) in [4.78, 5) is 4.31. The van der Waals surface area contributed by atoms with Gasteiger partial charge in [0.2, 0.25) is 5.95 Å². The molecule has 5 nitrogen and oxygen atoms in total. The molecule has 2 aromatic rings. The van der Waals surface area contributed by atoms with Gasteiger partial charge >= 0.3 is 0 Å². The van der Waals surface area contributed by atoms with E-state index in [9.17, 15) is 5.11 Å². The number of nitrogens with two attached hydrogens (primary N) is 1. The van der Waals surface area contributed by atoms with Gasteiger partial charge in [0, 0.05) is 12.1 Å². The Morgan fingerprint density at radius 2 is 2.20 bits per heavy atom. The van der Waals surface area contributed by atoms with E-state index in [1.54, 1.807) is 18.2 Å². The molecule has 0 saturated carbocycles. The van der Waals surface area contributed by atoms with Gasteiger partial charge in [-0.05, 0) is 26.0 Å². The van der Waals surface area contributed by atoms with Gasteiger partial charge < -0.3 is 9.67 Å². The molecule has 0 bridgehead atoms. The van der Waals surface area contributed by atoms with Gasteiger partial charge in [0.1, 0.15) is 5.75 Å². The van der Waals surface area contributed by atoms with Crippen molar-refractivity contribution in [3.05, 3.63) is 18.2 Å². The van der Waals surface area contributed by atoms with Crippen molar-refractivity contribution in [3.8, 4) is 5.75 Å². The molecule has 0 spiro atoms. The van der Waals surface area contributed by atoms with Gasteiger partial charge in [0.05, 0.1) is 11.0 Å². The molecule has 0 aliphatic rings. The number of fused-ring (bicyclic) bond motifs is 1. The van der Waals surface area contributed by atoms with Crippen LogP contribution in [0.2, 0.25) is 0 Å². The van der Waals surface area contributed by atoms with E-state index in [-0.39, 0.29) is 11.8 Å². The third-order valence-corrected chi connectivity index (χ3v) is 2.32. The number of phenolic OH excluding ortho intramolecular Hbond substituents is 1. The lowest BCUT2D eigenvalue weighted by Crippen LogP contribution is -2.14. The van der Waals surface area contributed by atoms with Crippen molar-refractivity contribution in [1.29, 1.82) is 0 Å². The molecule has 1 aromatic heterocycles. The standard InChI is InChI=1S/C10H14N4O/c1-6(2)14-9-5-7(15)3-4-8(9)12-10(14)13-11/h3-6,15H,11H2,1-2H3,(H,12,13). The molecular formula is C10H14N4O. The lowest BCUT2D eigenvalue weighted by molar-refractivity contribution is 0.475. The maximum atomic E-state index is 9.43. The van der Waals surface area contributed by atoms with Gasteiger partial charge in [-0.25, -0.2) is 10.8 Å². The third kappa shape index (κ3) is 1.50. The Labute approximate surface area is 87.5 Å². The van der Waals surface area contributed by atoms with Crippen LogP contribution in [-0.4, -0.2) is 14.7 Å². The van der Waals surface area contributed by atoms with Crippen molar-refractivity contribution in [1.82, 2.24) is 9.55 Å². The highest BCUT2D eigenvalue weighted by atomic mass is 16.3. The van der Waals surface area contributed by atoms with Crippen molar-refractivity contribution in [3.63, 3.8) is 0 Å². The summed E-state index contributed by atoms with van der Waals surface area (Å²) in [6.07, 6.45) is 0. The molecule has 0 fully saturated rings. The van der Waals surface area contributed by atoms with Gasteiger partial charge in [0.25, 0.3) is 0 Å². The molecule has 1 aromatic carbocycles. The quantitative estimate of drug-likeness (QED) is 0.515. The first-order valence-corrected chi connectivity index (χ1v) is 4.81. The molecule has 15 heavy (non-hydrogen) atoms. The summed E-state index contributed by atoms with van der Waals surface area (Å²) >= 11 is 0. The van der Waals surface area contributed by atoms with Gasteiger partial charge in [-0.3, -0.25) is 5.43 Å². The summed E-state index contributed by atoms with van der Waals surface area (Å²) in [6.45, 7) is 4.07. The predicted molar refractivity (Wildman–Crippen MR) is 59.6 cm³/mol. The minimum absolute atomic E-state index is 0.225. The SMILES string of the molecule is CC(C)n1c(NN)nc2ccc(O)cc21. The van der Waals surface area contributed by atoms with E-state index in [4.69, 9.17) is 5.84 Å². The van der Waals surface area contributed by atoms with E-state index < -0.39 is 0 Å². The van der Waals surface area contributed by atoms with Crippen molar-refractivity contribution in [2.24, 2.45) is 5.84 Å². The summed E-state index contributed by atoms with van der Waals surface area (Å²) in [5.41, 5.74) is 4.24. The molecule has 0 radical (unpaired) electrons. The van der Waals surface area contributed by atoms with Crippen LogP contribution in [0.25, 0.3) is 11.0 Å². The summed E-state index contributed by atoms with van der Waals surface area (Å²) in [6, 6.07) is 5.29. The van der Waals surface area contributed by atoms with E-state index in [1.165, 1.54) is 0 Å². The molecule has 1 heterocycles. The number of hydrogen-bond donors (Lipinski definition) is 3. The Morgan fingerprint density at radius 1 is 1.47 bits per heavy atom. The monoisotopic (exact) mass is 206 g/mol. The molecule has 0 aliphatic carbocycles. The molecule has 0 amide bonds. The average molecular weight is 206 g/mol. The first-order chi connectivity index (χ1) is 7.13. The van der Waals surface area contributed by atoms with Crippen LogP contribution in [0.4, 0.5) is 5.95 Å². The number of nitrogens with one attached hydrogen (secondary N) is 1. The number of aromatic hydroxyl groups is 1. The van der Waals surface area contributed by atoms with Gasteiger partial charge in [-0.15, -0.1) is 0 Å². The van der Waals surface area contributed by atoms with Crippen molar-refractivity contribution in [2.45, 2.75) is 19.9 Å². The van der Waals surface area contributed by atoms with Crippen LogP contribution in [-0.2, 0) is 0 Å². The number of benzene rings is 1. The van der Waals surface area contributed by atoms with E-state index in [0.717, 1.165) is 11.0 Å². The first-order valence-electron chi connectivity index (χ1n) is 4.81. The first kappa shape index (κ1) is 9.79. The minimum atomic E-state index is 0.225. The Kier molecular flexibility index (Phi) is 2.24. The molecule has 5 heteroatoms. The highest BCUT2D eigenvalue weighted by Gasteiger charge is 2.12. The number of phenols is 1. The summed E-state index contributed by atoms with van der Waals surface area (Å²) in [5.74, 6) is 6.23. The average Bonchev–Trinajstić information content (AvgIpc) is 2.55. The Balaban J connectivity index is 2.76. The minimum Gasteiger partial charge on any atom is -0.508 e. The van der Waals surface area contributed by atoms with E-state index in [2.05, 4.69) is 10.4 Å². The molecule has 0 saturated heterocycles. The van der Waals surface area contributed by atoms with Gasteiger partial charge in [-0.2, -0.15) is 0 Å². The number of anilines is 1. The fraction of sp³-hybridized carbons (Fsp3) is 0.300. The summed E-state index contributed by atoms with van der Waals surface area (Å²) < 4.78 is 1.94. The highest BCUT2D eigenvalue weighted by Crippen LogP contribution is 2.26. The van der Waals surface area contributed by atoms with E-state index >= 15 is 0 Å².